The van der Waals surface area contributed by atoms with Crippen LogP contribution in [0, 0.1) is 0 Å². The Hall–Kier alpha value is -3.77. The van der Waals surface area contributed by atoms with Crippen LogP contribution in [0.3, 0.4) is 0 Å². The lowest BCUT2D eigenvalue weighted by Gasteiger charge is -2.30. The number of halogens is 9. The number of alkyl halides is 9. The Morgan fingerprint density at radius 1 is 0.833 bits per heavy atom. The van der Waals surface area contributed by atoms with Crippen LogP contribution in [0.15, 0.2) is 59.8 Å². The molecule has 190 valence electrons. The maximum absolute atomic E-state index is 14.3. The van der Waals surface area contributed by atoms with Gasteiger partial charge in [0.25, 0.3) is 5.60 Å². The molecule has 3 aromatic rings. The fourth-order valence-corrected chi connectivity index (χ4v) is 3.97. The average molecular weight is 521 g/mol. The van der Waals surface area contributed by atoms with E-state index < -0.39 is 58.9 Å². The number of aromatic carboxylic acids is 1. The number of nitrogens with zero attached hydrogens (tertiary/aromatic N) is 1. The molecule has 3 aromatic carbocycles. The summed E-state index contributed by atoms with van der Waals surface area (Å²) in [7, 11) is 0. The van der Waals surface area contributed by atoms with Gasteiger partial charge in [0.1, 0.15) is 0 Å². The van der Waals surface area contributed by atoms with Gasteiger partial charge in [0.05, 0.1) is 22.4 Å². The molecule has 0 radical (unpaired) electrons. The Bertz CT molecular complexity index is 1360. The minimum absolute atomic E-state index is 0.0234. The van der Waals surface area contributed by atoms with Gasteiger partial charge >= 0.3 is 24.5 Å². The molecule has 0 fully saturated rings. The first kappa shape index (κ1) is 25.3. The van der Waals surface area contributed by atoms with Gasteiger partial charge in [-0.1, -0.05) is 35.5 Å². The summed E-state index contributed by atoms with van der Waals surface area (Å²) in [5, 5.41) is 13.1. The summed E-state index contributed by atoms with van der Waals surface area (Å²) >= 11 is 0. The molecule has 0 amide bonds. The van der Waals surface area contributed by atoms with Gasteiger partial charge in [0.15, 0.2) is 0 Å². The van der Waals surface area contributed by atoms with Crippen molar-refractivity contribution in [3.63, 3.8) is 0 Å². The molecule has 0 aliphatic carbocycles. The normalized spacial score (nSPS) is 18.8. The molecule has 0 aromatic heterocycles. The first-order chi connectivity index (χ1) is 16.5. The van der Waals surface area contributed by atoms with Crippen LogP contribution in [0.5, 0.6) is 0 Å². The summed E-state index contributed by atoms with van der Waals surface area (Å²) in [6.07, 6.45) is -17.5. The Kier molecular flexibility index (Phi) is 5.72. The van der Waals surface area contributed by atoms with Crippen molar-refractivity contribution < 1.29 is 54.3 Å². The zero-order valence-electron chi connectivity index (χ0n) is 17.5. The van der Waals surface area contributed by atoms with Gasteiger partial charge in [-0.2, -0.15) is 39.5 Å². The van der Waals surface area contributed by atoms with Crippen LogP contribution in [0.1, 0.15) is 39.0 Å². The summed E-state index contributed by atoms with van der Waals surface area (Å²) in [6, 6.07) is 7.58. The van der Waals surface area contributed by atoms with Crippen LogP contribution in [0.2, 0.25) is 0 Å². The summed E-state index contributed by atoms with van der Waals surface area (Å²) in [5.41, 5.74) is -9.60. The third-order valence-corrected chi connectivity index (χ3v) is 5.71. The van der Waals surface area contributed by atoms with E-state index in [1.54, 1.807) is 0 Å². The second-order valence-electron chi connectivity index (χ2n) is 7.94. The molecule has 0 saturated carbocycles. The van der Waals surface area contributed by atoms with E-state index in [1.165, 1.54) is 24.3 Å². The van der Waals surface area contributed by atoms with E-state index in [-0.39, 0.29) is 40.1 Å². The average Bonchev–Trinajstić information content (AvgIpc) is 3.23. The number of hydrogen-bond donors (Lipinski definition) is 1. The Morgan fingerprint density at radius 2 is 1.39 bits per heavy atom. The standard InChI is InChI=1S/C23H12F9NO3/c24-21(25,26)12-7-11(8-13(9-12)22(27,28)29)20(23(30,31)32)10-18(33-36-20)16-5-6-17(19(34)35)15-4-2-1-3-14(15)16/h1-9H,10H2,(H,34,35). The van der Waals surface area contributed by atoms with Crippen molar-refractivity contribution in [3.05, 3.63) is 82.4 Å². The second-order valence-corrected chi connectivity index (χ2v) is 7.94. The number of rotatable bonds is 3. The monoisotopic (exact) mass is 521 g/mol. The molecule has 4 nitrogen and oxygen atoms in total. The van der Waals surface area contributed by atoms with E-state index in [0.717, 1.165) is 12.1 Å². The minimum atomic E-state index is -5.48. The SMILES string of the molecule is O=C(O)c1ccc(C2=NOC(c3cc(C(F)(F)F)cc(C(F)(F)F)c3)(C(F)(F)F)C2)c2ccccc12. The summed E-state index contributed by atoms with van der Waals surface area (Å²) in [5.74, 6) is -1.32. The maximum Gasteiger partial charge on any atom is 0.435 e. The lowest BCUT2D eigenvalue weighted by molar-refractivity contribution is -0.276. The largest absolute Gasteiger partial charge is 0.478 e. The van der Waals surface area contributed by atoms with E-state index in [0.29, 0.717) is 0 Å². The fourth-order valence-electron chi connectivity index (χ4n) is 3.97. The molecule has 1 aliphatic rings. The van der Waals surface area contributed by atoms with E-state index in [4.69, 9.17) is 0 Å². The Labute approximate surface area is 195 Å². The van der Waals surface area contributed by atoms with Gasteiger partial charge in [0, 0.05) is 17.5 Å². The number of hydrogen-bond acceptors (Lipinski definition) is 3. The van der Waals surface area contributed by atoms with Crippen molar-refractivity contribution in [2.45, 2.75) is 30.6 Å². The minimum Gasteiger partial charge on any atom is -0.478 e. The molecular formula is C23H12F9NO3. The fraction of sp³-hybridized carbons (Fsp3) is 0.217. The van der Waals surface area contributed by atoms with E-state index >= 15 is 0 Å². The van der Waals surface area contributed by atoms with E-state index in [1.807, 2.05) is 0 Å². The van der Waals surface area contributed by atoms with Gasteiger partial charge < -0.3 is 9.94 Å². The Morgan fingerprint density at radius 3 is 1.89 bits per heavy atom. The molecule has 1 heterocycles. The number of oxime groups is 1. The predicted molar refractivity (Wildman–Crippen MR) is 107 cm³/mol. The predicted octanol–water partition coefficient (Wildman–Crippen LogP) is 7.16. The van der Waals surface area contributed by atoms with E-state index in [9.17, 15) is 49.4 Å². The molecule has 0 saturated heterocycles. The van der Waals surface area contributed by atoms with Crippen molar-refractivity contribution in [3.8, 4) is 0 Å². The molecule has 13 heteroatoms. The highest BCUT2D eigenvalue weighted by Gasteiger charge is 2.63. The number of carboxylic acids is 1. The van der Waals surface area contributed by atoms with Crippen molar-refractivity contribution in [1.29, 1.82) is 0 Å². The smallest absolute Gasteiger partial charge is 0.435 e. The van der Waals surface area contributed by atoms with Crippen molar-refractivity contribution >= 4 is 22.5 Å². The number of fused-ring (bicyclic) bond motifs is 1. The van der Waals surface area contributed by atoms with Crippen molar-refractivity contribution in [1.82, 2.24) is 0 Å². The highest BCUT2D eigenvalue weighted by Crippen LogP contribution is 2.51. The number of benzene rings is 3. The van der Waals surface area contributed by atoms with Crippen LogP contribution in [-0.2, 0) is 22.8 Å². The van der Waals surface area contributed by atoms with Gasteiger partial charge in [-0.05, 0) is 35.0 Å². The van der Waals surface area contributed by atoms with Crippen LogP contribution >= 0.6 is 0 Å². The topological polar surface area (TPSA) is 58.9 Å². The molecular weight excluding hydrogens is 509 g/mol. The third-order valence-electron chi connectivity index (χ3n) is 5.71. The molecule has 4 rings (SSSR count). The van der Waals surface area contributed by atoms with Gasteiger partial charge in [-0.15, -0.1) is 0 Å². The number of carbonyl (C=O) groups is 1. The quantitative estimate of drug-likeness (QED) is 0.372. The van der Waals surface area contributed by atoms with Gasteiger partial charge in [-0.25, -0.2) is 4.79 Å². The maximum atomic E-state index is 14.3. The molecule has 1 atom stereocenters. The van der Waals surface area contributed by atoms with Crippen molar-refractivity contribution in [2.24, 2.45) is 5.16 Å². The first-order valence-corrected chi connectivity index (χ1v) is 9.92. The molecule has 0 bridgehead atoms. The lowest BCUT2D eigenvalue weighted by Crippen LogP contribution is -2.43. The summed E-state index contributed by atoms with van der Waals surface area (Å²) in [4.78, 5) is 16.1. The molecule has 1 N–H and O–H groups in total. The second kappa shape index (κ2) is 8.14. The molecule has 0 spiro atoms. The summed E-state index contributed by atoms with van der Waals surface area (Å²) in [6.45, 7) is 0. The summed E-state index contributed by atoms with van der Waals surface area (Å²) < 4.78 is 123. The van der Waals surface area contributed by atoms with Crippen LogP contribution in [-0.4, -0.2) is 23.0 Å². The number of carboxylic acid groups (broad SMARTS) is 1. The van der Waals surface area contributed by atoms with E-state index in [2.05, 4.69) is 9.99 Å². The van der Waals surface area contributed by atoms with Gasteiger partial charge in [0.2, 0.25) is 0 Å². The van der Waals surface area contributed by atoms with Crippen LogP contribution < -0.4 is 0 Å². The lowest BCUT2D eigenvalue weighted by atomic mass is 9.83. The molecule has 1 unspecified atom stereocenters. The zero-order valence-corrected chi connectivity index (χ0v) is 17.5. The Balaban J connectivity index is 1.89. The van der Waals surface area contributed by atoms with Crippen LogP contribution in [0.4, 0.5) is 39.5 Å². The van der Waals surface area contributed by atoms with Crippen LogP contribution in [0.25, 0.3) is 10.8 Å². The van der Waals surface area contributed by atoms with Gasteiger partial charge in [-0.3, -0.25) is 0 Å². The first-order valence-electron chi connectivity index (χ1n) is 9.92. The van der Waals surface area contributed by atoms with Crippen molar-refractivity contribution in [2.75, 3.05) is 0 Å². The highest BCUT2D eigenvalue weighted by molar-refractivity contribution is 6.15. The molecule has 36 heavy (non-hydrogen) atoms. The molecule has 1 aliphatic heterocycles. The third kappa shape index (κ3) is 4.22. The highest BCUT2D eigenvalue weighted by atomic mass is 19.4. The zero-order chi connectivity index (χ0) is 26.7.